The summed E-state index contributed by atoms with van der Waals surface area (Å²) >= 11 is 1.40. The molecule has 0 unspecified atom stereocenters. The van der Waals surface area contributed by atoms with Crippen molar-refractivity contribution >= 4 is 22.8 Å². The molecule has 1 heterocycles. The lowest BCUT2D eigenvalue weighted by molar-refractivity contribution is 0.102. The van der Waals surface area contributed by atoms with Crippen LogP contribution in [-0.2, 0) is 6.54 Å². The number of thiazole rings is 1. The summed E-state index contributed by atoms with van der Waals surface area (Å²) in [7, 11) is 0. The lowest BCUT2D eigenvalue weighted by Crippen LogP contribution is -2.21. The molecule has 0 spiro atoms. The van der Waals surface area contributed by atoms with Crippen LogP contribution in [0.1, 0.15) is 29.2 Å². The predicted molar refractivity (Wildman–Crippen MR) is 88.9 cm³/mol. The van der Waals surface area contributed by atoms with Crippen LogP contribution >= 0.6 is 11.3 Å². The van der Waals surface area contributed by atoms with Gasteiger partial charge < -0.3 is 15.0 Å². The Morgan fingerprint density at radius 2 is 2.05 bits per heavy atom. The van der Waals surface area contributed by atoms with Gasteiger partial charge in [-0.3, -0.25) is 4.79 Å². The van der Waals surface area contributed by atoms with Crippen molar-refractivity contribution in [2.75, 3.05) is 13.2 Å². The molecule has 2 N–H and O–H groups in total. The van der Waals surface area contributed by atoms with E-state index in [1.807, 2.05) is 42.7 Å². The number of hydrogen-bond acceptors (Lipinski definition) is 5. The number of Topliss-reactive ketones (excluding diaryl/α,β-unsaturated/α-hetero) is 1. The summed E-state index contributed by atoms with van der Waals surface area (Å²) in [6, 6.07) is 7.59. The Balaban J connectivity index is 2.45. The summed E-state index contributed by atoms with van der Waals surface area (Å²) in [6.07, 6.45) is 0. The molecular formula is C16H21N3O2S. The van der Waals surface area contributed by atoms with E-state index in [2.05, 4.69) is 4.99 Å². The molecular weight excluding hydrogens is 298 g/mol. The maximum absolute atomic E-state index is 11.7. The lowest BCUT2D eigenvalue weighted by atomic mass is 10.3. The van der Waals surface area contributed by atoms with Crippen molar-refractivity contribution in [3.8, 4) is 5.75 Å². The third-order valence-electron chi connectivity index (χ3n) is 3.20. The number of carbonyl (C=O) groups excluding carboxylic acids is 1. The first-order chi connectivity index (χ1) is 10.6. The second-order valence-electron chi connectivity index (χ2n) is 4.83. The summed E-state index contributed by atoms with van der Waals surface area (Å²) in [5.74, 6) is 0.879. The Morgan fingerprint density at radius 3 is 2.59 bits per heavy atom. The van der Waals surface area contributed by atoms with E-state index in [1.165, 1.54) is 11.3 Å². The zero-order chi connectivity index (χ0) is 16.1. The molecule has 0 aliphatic rings. The minimum atomic E-state index is 0.0569. The Labute approximate surface area is 134 Å². The predicted octanol–water partition coefficient (Wildman–Crippen LogP) is 2.65. The second-order valence-corrected chi connectivity index (χ2v) is 5.81. The molecule has 0 bridgehead atoms. The number of benzene rings is 1. The van der Waals surface area contributed by atoms with Gasteiger partial charge in [-0.25, -0.2) is 4.99 Å². The van der Waals surface area contributed by atoms with Gasteiger partial charge in [-0.2, -0.15) is 0 Å². The van der Waals surface area contributed by atoms with Gasteiger partial charge in [0.25, 0.3) is 0 Å². The SMILES string of the molecule is CCOc1ccc(/N=c2\sc(C(C)=O)c(C)n2CCN)cc1. The van der Waals surface area contributed by atoms with Gasteiger partial charge >= 0.3 is 0 Å². The van der Waals surface area contributed by atoms with Crippen LogP contribution in [0.4, 0.5) is 5.69 Å². The zero-order valence-electron chi connectivity index (χ0n) is 13.1. The molecule has 2 aromatic rings. The number of nitrogens with two attached hydrogens (primary N) is 1. The van der Waals surface area contributed by atoms with Crippen molar-refractivity contribution < 1.29 is 9.53 Å². The fourth-order valence-electron chi connectivity index (χ4n) is 2.18. The van der Waals surface area contributed by atoms with Crippen LogP contribution in [0, 0.1) is 6.92 Å². The number of ketones is 1. The summed E-state index contributed by atoms with van der Waals surface area (Å²) in [4.78, 5) is 17.9. The van der Waals surface area contributed by atoms with Gasteiger partial charge in [0.1, 0.15) is 5.75 Å². The van der Waals surface area contributed by atoms with E-state index in [1.54, 1.807) is 6.92 Å². The molecule has 118 valence electrons. The highest BCUT2D eigenvalue weighted by atomic mass is 32.1. The van der Waals surface area contributed by atoms with E-state index in [0.29, 0.717) is 19.7 Å². The molecule has 0 radical (unpaired) electrons. The van der Waals surface area contributed by atoms with Crippen LogP contribution in [0.25, 0.3) is 0 Å². The first-order valence-corrected chi connectivity index (χ1v) is 8.07. The van der Waals surface area contributed by atoms with Crippen LogP contribution < -0.4 is 15.3 Å². The molecule has 1 aromatic carbocycles. The van der Waals surface area contributed by atoms with Crippen molar-refractivity contribution in [1.29, 1.82) is 0 Å². The van der Waals surface area contributed by atoms with Gasteiger partial charge in [-0.05, 0) is 38.1 Å². The van der Waals surface area contributed by atoms with Crippen LogP contribution in [0.5, 0.6) is 5.75 Å². The topological polar surface area (TPSA) is 69.6 Å². The number of aromatic nitrogens is 1. The maximum atomic E-state index is 11.7. The van der Waals surface area contributed by atoms with E-state index < -0.39 is 0 Å². The van der Waals surface area contributed by atoms with Gasteiger partial charge in [0, 0.05) is 25.7 Å². The molecule has 0 aliphatic heterocycles. The molecule has 0 atom stereocenters. The number of carbonyl (C=O) groups is 1. The number of ether oxygens (including phenoxy) is 1. The van der Waals surface area contributed by atoms with Crippen molar-refractivity contribution in [3.63, 3.8) is 0 Å². The van der Waals surface area contributed by atoms with Crippen LogP contribution in [0.2, 0.25) is 0 Å². The van der Waals surface area contributed by atoms with Gasteiger partial charge in [-0.15, -0.1) is 0 Å². The molecule has 1 aromatic heterocycles. The Kier molecular flexibility index (Phi) is 5.51. The summed E-state index contributed by atoms with van der Waals surface area (Å²) < 4.78 is 7.42. The monoisotopic (exact) mass is 319 g/mol. The van der Waals surface area contributed by atoms with Crippen molar-refractivity contribution in [1.82, 2.24) is 4.57 Å². The molecule has 0 saturated carbocycles. The third kappa shape index (κ3) is 3.64. The summed E-state index contributed by atoms with van der Waals surface area (Å²) in [5, 5.41) is 0. The van der Waals surface area contributed by atoms with Crippen LogP contribution in [0.15, 0.2) is 29.3 Å². The van der Waals surface area contributed by atoms with E-state index in [9.17, 15) is 4.79 Å². The number of nitrogens with zero attached hydrogens (tertiary/aromatic N) is 2. The average molecular weight is 319 g/mol. The second kappa shape index (κ2) is 7.38. The Morgan fingerprint density at radius 1 is 1.36 bits per heavy atom. The molecule has 5 nitrogen and oxygen atoms in total. The van der Waals surface area contributed by atoms with E-state index in [0.717, 1.165) is 26.8 Å². The molecule has 6 heteroatoms. The highest BCUT2D eigenvalue weighted by Crippen LogP contribution is 2.19. The van der Waals surface area contributed by atoms with Gasteiger partial charge in [0.2, 0.25) is 0 Å². The normalized spacial score (nSPS) is 11.7. The zero-order valence-corrected chi connectivity index (χ0v) is 13.9. The summed E-state index contributed by atoms with van der Waals surface area (Å²) in [6.45, 7) is 7.24. The standard InChI is InChI=1S/C16H21N3O2S/c1-4-21-14-7-5-13(6-8-14)18-16-19(10-9-17)11(2)15(22-16)12(3)20/h5-8H,4,9-10,17H2,1-3H3/b18-16-. The number of rotatable bonds is 6. The summed E-state index contributed by atoms with van der Waals surface area (Å²) in [5.41, 5.74) is 7.42. The van der Waals surface area contributed by atoms with Crippen molar-refractivity contribution in [2.24, 2.45) is 10.7 Å². The van der Waals surface area contributed by atoms with E-state index in [4.69, 9.17) is 10.5 Å². The molecule has 0 amide bonds. The fourth-order valence-corrected chi connectivity index (χ4v) is 3.26. The molecule has 0 aliphatic carbocycles. The molecule has 0 saturated heterocycles. The fraction of sp³-hybridized carbons (Fsp3) is 0.375. The van der Waals surface area contributed by atoms with Crippen molar-refractivity contribution in [2.45, 2.75) is 27.3 Å². The Bertz CT molecular complexity index is 714. The van der Waals surface area contributed by atoms with Gasteiger partial charge in [-0.1, -0.05) is 11.3 Å². The highest BCUT2D eigenvalue weighted by molar-refractivity contribution is 7.11. The molecule has 2 rings (SSSR count). The molecule has 0 fully saturated rings. The first-order valence-electron chi connectivity index (χ1n) is 7.25. The lowest BCUT2D eigenvalue weighted by Gasteiger charge is -2.04. The smallest absolute Gasteiger partial charge is 0.190 e. The van der Waals surface area contributed by atoms with E-state index in [-0.39, 0.29) is 5.78 Å². The third-order valence-corrected chi connectivity index (χ3v) is 4.48. The largest absolute Gasteiger partial charge is 0.494 e. The maximum Gasteiger partial charge on any atom is 0.190 e. The van der Waals surface area contributed by atoms with E-state index >= 15 is 0 Å². The van der Waals surface area contributed by atoms with Crippen LogP contribution in [-0.4, -0.2) is 23.5 Å². The quantitative estimate of drug-likeness (QED) is 0.832. The van der Waals surface area contributed by atoms with Gasteiger partial charge in [0.15, 0.2) is 10.6 Å². The number of hydrogen-bond donors (Lipinski definition) is 1. The van der Waals surface area contributed by atoms with Gasteiger partial charge in [0.05, 0.1) is 17.2 Å². The van der Waals surface area contributed by atoms with Crippen molar-refractivity contribution in [3.05, 3.63) is 39.6 Å². The Hall–Kier alpha value is -1.92. The highest BCUT2D eigenvalue weighted by Gasteiger charge is 2.12. The van der Waals surface area contributed by atoms with Crippen LogP contribution in [0.3, 0.4) is 0 Å². The minimum absolute atomic E-state index is 0.0569. The minimum Gasteiger partial charge on any atom is -0.494 e. The first kappa shape index (κ1) is 16.5. The average Bonchev–Trinajstić information content (AvgIpc) is 2.79. The molecule has 22 heavy (non-hydrogen) atoms.